The lowest BCUT2D eigenvalue weighted by atomic mass is 10.1. The molecule has 0 bridgehead atoms. The molecule has 3 heterocycles. The molecule has 3 rings (SSSR count). The molecule has 0 unspecified atom stereocenters. The Labute approximate surface area is 191 Å². The summed E-state index contributed by atoms with van der Waals surface area (Å²) in [6, 6.07) is 3.42. The molecule has 3 aromatic rings. The van der Waals surface area contributed by atoms with Gasteiger partial charge in [-0.3, -0.25) is 0 Å². The van der Waals surface area contributed by atoms with Crippen molar-refractivity contribution in [1.82, 2.24) is 9.97 Å². The van der Waals surface area contributed by atoms with Gasteiger partial charge in [-0.2, -0.15) is 0 Å². The van der Waals surface area contributed by atoms with E-state index >= 15 is 0 Å². The number of furan rings is 1. The number of nitrogens with zero attached hydrogens (tertiary/aromatic N) is 2. The van der Waals surface area contributed by atoms with Crippen LogP contribution < -0.4 is 5.73 Å². The van der Waals surface area contributed by atoms with Crippen LogP contribution in [0.5, 0.6) is 0 Å². The van der Waals surface area contributed by atoms with Crippen LogP contribution in [0.15, 0.2) is 27.8 Å². The number of nitrogens with two attached hydrogens (primary N) is 1. The number of esters is 3. The van der Waals surface area contributed by atoms with E-state index in [1.54, 1.807) is 25.3 Å². The molecule has 0 atom stereocenters. The maximum absolute atomic E-state index is 12.9. The van der Waals surface area contributed by atoms with Gasteiger partial charge in [0, 0.05) is 5.56 Å². The summed E-state index contributed by atoms with van der Waals surface area (Å²) >= 11 is 2.09. The van der Waals surface area contributed by atoms with Gasteiger partial charge in [0.1, 0.15) is 32.6 Å². The first-order chi connectivity index (χ1) is 15.3. The van der Waals surface area contributed by atoms with Gasteiger partial charge in [-0.05, 0) is 25.3 Å². The number of anilines is 1. The van der Waals surface area contributed by atoms with Crippen LogP contribution >= 0.6 is 23.1 Å². The molecule has 0 aliphatic rings. The predicted octanol–water partition coefficient (Wildman–Crippen LogP) is 3.34. The lowest BCUT2D eigenvalue weighted by Crippen LogP contribution is -2.15. The van der Waals surface area contributed by atoms with Crippen LogP contribution in [0.25, 0.3) is 11.6 Å². The average Bonchev–Trinajstić information content (AvgIpc) is 3.43. The van der Waals surface area contributed by atoms with Crippen molar-refractivity contribution in [2.75, 3.05) is 26.2 Å². The summed E-state index contributed by atoms with van der Waals surface area (Å²) in [5.41, 5.74) is 6.51. The van der Waals surface area contributed by atoms with Gasteiger partial charge in [0.15, 0.2) is 11.6 Å². The molecule has 2 N–H and O–H groups in total. The van der Waals surface area contributed by atoms with Gasteiger partial charge in [-0.25, -0.2) is 24.4 Å². The number of nitrogen functional groups attached to an aromatic ring is 1. The van der Waals surface area contributed by atoms with Gasteiger partial charge in [0.05, 0.1) is 26.2 Å². The maximum atomic E-state index is 12.9. The first-order valence-electron chi connectivity index (χ1n) is 9.03. The quantitative estimate of drug-likeness (QED) is 0.231. The van der Waals surface area contributed by atoms with Crippen LogP contribution in [0.4, 0.5) is 5.00 Å². The minimum atomic E-state index is -0.757. The smallest absolute Gasteiger partial charge is 0.348 e. The zero-order chi connectivity index (χ0) is 23.4. The lowest BCUT2D eigenvalue weighted by molar-refractivity contribution is 0.0446. The standard InChI is InChI=1S/C20H19N3O7S2/c1-9-12(17(31-4)23-16(22-9)11-6-5-7-29-11)19(25)30-8-10-13(18(24)27-2)15(21)32-14(10)20(26)28-3/h5-7H,8,21H2,1-4H3. The van der Waals surface area contributed by atoms with Crippen molar-refractivity contribution in [2.24, 2.45) is 0 Å². The second-order valence-corrected chi connectivity index (χ2v) is 8.05. The number of aryl methyl sites for hydroxylation is 1. The monoisotopic (exact) mass is 477 g/mol. The van der Waals surface area contributed by atoms with Crippen molar-refractivity contribution in [3.05, 3.63) is 45.7 Å². The molecule has 32 heavy (non-hydrogen) atoms. The van der Waals surface area contributed by atoms with Crippen molar-refractivity contribution >= 4 is 46.0 Å². The number of hydrogen-bond donors (Lipinski definition) is 1. The zero-order valence-corrected chi connectivity index (χ0v) is 19.2. The van der Waals surface area contributed by atoms with E-state index in [0.717, 1.165) is 11.3 Å². The number of thiophene rings is 1. The third kappa shape index (κ3) is 4.46. The molecule has 0 saturated heterocycles. The van der Waals surface area contributed by atoms with Gasteiger partial charge in [-0.15, -0.1) is 23.1 Å². The third-order valence-corrected chi connectivity index (χ3v) is 6.06. The summed E-state index contributed by atoms with van der Waals surface area (Å²) in [7, 11) is 2.37. The van der Waals surface area contributed by atoms with Crippen molar-refractivity contribution < 1.29 is 33.0 Å². The van der Waals surface area contributed by atoms with Gasteiger partial charge < -0.3 is 24.4 Å². The van der Waals surface area contributed by atoms with E-state index < -0.39 is 24.5 Å². The molecule has 12 heteroatoms. The summed E-state index contributed by atoms with van der Waals surface area (Å²) in [6.45, 7) is 1.24. The fourth-order valence-electron chi connectivity index (χ4n) is 2.86. The number of methoxy groups -OCH3 is 2. The van der Waals surface area contributed by atoms with E-state index in [-0.39, 0.29) is 26.6 Å². The van der Waals surface area contributed by atoms with Gasteiger partial charge >= 0.3 is 17.9 Å². The van der Waals surface area contributed by atoms with E-state index in [9.17, 15) is 14.4 Å². The van der Waals surface area contributed by atoms with E-state index in [0.29, 0.717) is 22.3 Å². The van der Waals surface area contributed by atoms with E-state index in [1.165, 1.54) is 32.2 Å². The number of ether oxygens (including phenoxy) is 3. The van der Waals surface area contributed by atoms with Crippen molar-refractivity contribution in [3.63, 3.8) is 0 Å². The lowest BCUT2D eigenvalue weighted by Gasteiger charge is -2.12. The van der Waals surface area contributed by atoms with Gasteiger partial charge in [0.2, 0.25) is 0 Å². The Morgan fingerprint density at radius 1 is 1.12 bits per heavy atom. The van der Waals surface area contributed by atoms with Crippen LogP contribution in [-0.4, -0.2) is 48.4 Å². The SMILES string of the molecule is COC(=O)c1sc(N)c(C(=O)OC)c1COC(=O)c1c(C)nc(-c2ccco2)nc1SC. The Balaban J connectivity index is 1.94. The molecular formula is C20H19N3O7S2. The Morgan fingerprint density at radius 2 is 1.84 bits per heavy atom. The van der Waals surface area contributed by atoms with Crippen LogP contribution in [0.3, 0.4) is 0 Å². The Hall–Kier alpha value is -3.38. The Morgan fingerprint density at radius 3 is 2.44 bits per heavy atom. The van der Waals surface area contributed by atoms with Crippen LogP contribution in [-0.2, 0) is 20.8 Å². The Bertz CT molecular complexity index is 1170. The molecule has 0 radical (unpaired) electrons. The molecule has 0 aliphatic carbocycles. The molecule has 0 saturated carbocycles. The summed E-state index contributed by atoms with van der Waals surface area (Å²) in [6.07, 6.45) is 3.26. The minimum Gasteiger partial charge on any atom is -0.465 e. The van der Waals surface area contributed by atoms with Crippen molar-refractivity contribution in [3.8, 4) is 11.6 Å². The first kappa shape index (κ1) is 23.3. The number of carbonyl (C=O) groups excluding carboxylic acids is 3. The van der Waals surface area contributed by atoms with Crippen LogP contribution in [0, 0.1) is 6.92 Å². The average molecular weight is 478 g/mol. The number of thioether (sulfide) groups is 1. The Kier molecular flexibility index (Phi) is 7.15. The third-order valence-electron chi connectivity index (χ3n) is 4.34. The molecule has 10 nitrogen and oxygen atoms in total. The topological polar surface area (TPSA) is 144 Å². The highest BCUT2D eigenvalue weighted by atomic mass is 32.2. The van der Waals surface area contributed by atoms with Crippen molar-refractivity contribution in [2.45, 2.75) is 18.6 Å². The molecule has 0 aliphatic heterocycles. The number of aromatic nitrogens is 2. The molecule has 168 valence electrons. The zero-order valence-electron chi connectivity index (χ0n) is 17.6. The van der Waals surface area contributed by atoms with E-state index in [1.807, 2.05) is 0 Å². The first-order valence-corrected chi connectivity index (χ1v) is 11.1. The van der Waals surface area contributed by atoms with Crippen molar-refractivity contribution in [1.29, 1.82) is 0 Å². The maximum Gasteiger partial charge on any atom is 0.348 e. The summed E-state index contributed by atoms with van der Waals surface area (Å²) < 4.78 is 20.2. The molecular weight excluding hydrogens is 458 g/mol. The molecule has 0 spiro atoms. The minimum absolute atomic E-state index is 0.0445. The largest absolute Gasteiger partial charge is 0.465 e. The number of rotatable bonds is 7. The van der Waals surface area contributed by atoms with Gasteiger partial charge in [-0.1, -0.05) is 0 Å². The van der Waals surface area contributed by atoms with Crippen LogP contribution in [0.2, 0.25) is 0 Å². The molecule has 0 amide bonds. The molecule has 3 aromatic heterocycles. The second kappa shape index (κ2) is 9.83. The van der Waals surface area contributed by atoms with Crippen LogP contribution in [0.1, 0.15) is 41.6 Å². The summed E-state index contributed by atoms with van der Waals surface area (Å²) in [4.78, 5) is 46.0. The highest BCUT2D eigenvalue weighted by molar-refractivity contribution is 7.98. The molecule has 0 aromatic carbocycles. The fourth-order valence-corrected chi connectivity index (χ4v) is 4.45. The second-order valence-electron chi connectivity index (χ2n) is 6.20. The molecule has 0 fully saturated rings. The fraction of sp³-hybridized carbons (Fsp3) is 0.250. The number of carbonyl (C=O) groups is 3. The van der Waals surface area contributed by atoms with E-state index in [2.05, 4.69) is 9.97 Å². The number of hydrogen-bond acceptors (Lipinski definition) is 12. The normalized spacial score (nSPS) is 10.6. The predicted molar refractivity (Wildman–Crippen MR) is 117 cm³/mol. The van der Waals surface area contributed by atoms with E-state index in [4.69, 9.17) is 24.4 Å². The summed E-state index contributed by atoms with van der Waals surface area (Å²) in [5, 5.41) is 0.440. The van der Waals surface area contributed by atoms with Gasteiger partial charge in [0.25, 0.3) is 0 Å². The highest BCUT2D eigenvalue weighted by Gasteiger charge is 2.29. The highest BCUT2D eigenvalue weighted by Crippen LogP contribution is 2.33. The summed E-state index contributed by atoms with van der Waals surface area (Å²) in [5.74, 6) is -1.40.